The van der Waals surface area contributed by atoms with Crippen molar-refractivity contribution in [2.24, 2.45) is 5.92 Å². The summed E-state index contributed by atoms with van der Waals surface area (Å²) in [7, 11) is 0. The largest absolute Gasteiger partial charge is 0.148 e. The van der Waals surface area contributed by atoms with E-state index >= 15 is 0 Å². The molecule has 0 amide bonds. The second-order valence-corrected chi connectivity index (χ2v) is 4.96. The van der Waals surface area contributed by atoms with Crippen molar-refractivity contribution in [3.63, 3.8) is 0 Å². The van der Waals surface area contributed by atoms with Gasteiger partial charge < -0.3 is 0 Å². The molecule has 12 heavy (non-hydrogen) atoms. The average Bonchev–Trinajstić information content (AvgIpc) is 2.58. The molecule has 0 saturated carbocycles. The minimum atomic E-state index is 0.562. The van der Waals surface area contributed by atoms with Gasteiger partial charge in [0.15, 0.2) is 0 Å². The second-order valence-electron chi connectivity index (χ2n) is 2.99. The topological polar surface area (TPSA) is 0 Å². The molecule has 1 aromatic heterocycles. The van der Waals surface area contributed by atoms with Gasteiger partial charge in [0.1, 0.15) is 0 Å². The molecule has 0 nitrogen and oxygen atoms in total. The lowest BCUT2D eigenvalue weighted by atomic mass is 9.99. The quantitative estimate of drug-likeness (QED) is 0.681. The van der Waals surface area contributed by atoms with Crippen molar-refractivity contribution >= 4 is 27.3 Å². The maximum atomic E-state index is 3.76. The molecule has 0 aliphatic heterocycles. The zero-order chi connectivity index (χ0) is 8.97. The Morgan fingerprint density at radius 1 is 1.42 bits per heavy atom. The Morgan fingerprint density at radius 3 is 2.50 bits per heavy atom. The van der Waals surface area contributed by atoms with E-state index in [1.165, 1.54) is 17.7 Å². The molecule has 0 bridgehead atoms. The Hall–Kier alpha value is 0.180. The van der Waals surface area contributed by atoms with E-state index < -0.39 is 0 Å². The number of hydrogen-bond donors (Lipinski definition) is 0. The van der Waals surface area contributed by atoms with Crippen molar-refractivity contribution in [1.29, 1.82) is 0 Å². The molecule has 0 fully saturated rings. The number of rotatable bonds is 4. The van der Waals surface area contributed by atoms with Gasteiger partial charge in [-0.3, -0.25) is 0 Å². The molecule has 2 heteroatoms. The summed E-state index contributed by atoms with van der Waals surface area (Å²) in [6.07, 6.45) is 2.51. The van der Waals surface area contributed by atoms with Crippen LogP contribution in [0.3, 0.4) is 0 Å². The standard InChI is InChI=1S/C10H15BrS/c1-3-8(4-2)10(11)9-6-5-7-12-9/h5-8,10H,3-4H2,1-2H3. The molecule has 68 valence electrons. The van der Waals surface area contributed by atoms with Gasteiger partial charge in [-0.05, 0) is 17.4 Å². The van der Waals surface area contributed by atoms with Crippen molar-refractivity contribution in [1.82, 2.24) is 0 Å². The van der Waals surface area contributed by atoms with Gasteiger partial charge in [0.2, 0.25) is 0 Å². The summed E-state index contributed by atoms with van der Waals surface area (Å²) in [6.45, 7) is 4.52. The van der Waals surface area contributed by atoms with Crippen LogP contribution < -0.4 is 0 Å². The van der Waals surface area contributed by atoms with Gasteiger partial charge in [-0.15, -0.1) is 11.3 Å². The van der Waals surface area contributed by atoms with Gasteiger partial charge in [-0.1, -0.05) is 48.7 Å². The van der Waals surface area contributed by atoms with E-state index in [1.807, 2.05) is 11.3 Å². The Kier molecular flexibility index (Phi) is 4.30. The molecule has 0 aliphatic carbocycles. The lowest BCUT2D eigenvalue weighted by molar-refractivity contribution is 0.490. The van der Waals surface area contributed by atoms with E-state index in [4.69, 9.17) is 0 Å². The van der Waals surface area contributed by atoms with Crippen molar-refractivity contribution in [3.05, 3.63) is 22.4 Å². The van der Waals surface area contributed by atoms with Crippen LogP contribution in [0.1, 0.15) is 36.4 Å². The fourth-order valence-electron chi connectivity index (χ4n) is 1.38. The first kappa shape index (κ1) is 10.3. The number of hydrogen-bond acceptors (Lipinski definition) is 1. The minimum absolute atomic E-state index is 0.562. The predicted octanol–water partition coefficient (Wildman–Crippen LogP) is 4.62. The molecular weight excluding hydrogens is 232 g/mol. The van der Waals surface area contributed by atoms with Gasteiger partial charge in [-0.2, -0.15) is 0 Å². The average molecular weight is 247 g/mol. The molecule has 0 radical (unpaired) electrons. The SMILES string of the molecule is CCC(CC)C(Br)c1cccs1. The van der Waals surface area contributed by atoms with Crippen molar-refractivity contribution in [2.75, 3.05) is 0 Å². The number of alkyl halides is 1. The maximum absolute atomic E-state index is 3.76. The van der Waals surface area contributed by atoms with E-state index in [0.29, 0.717) is 4.83 Å². The van der Waals surface area contributed by atoms with Crippen LogP contribution in [-0.4, -0.2) is 0 Å². The highest BCUT2D eigenvalue weighted by Crippen LogP contribution is 2.37. The zero-order valence-corrected chi connectivity index (χ0v) is 9.99. The Labute approximate surface area is 87.1 Å². The van der Waals surface area contributed by atoms with Gasteiger partial charge >= 0.3 is 0 Å². The van der Waals surface area contributed by atoms with Crippen LogP contribution in [0.5, 0.6) is 0 Å². The molecule has 0 spiro atoms. The fraction of sp³-hybridized carbons (Fsp3) is 0.600. The summed E-state index contributed by atoms with van der Waals surface area (Å²) in [5, 5.41) is 2.14. The maximum Gasteiger partial charge on any atom is 0.0517 e. The smallest absolute Gasteiger partial charge is 0.0517 e. The normalized spacial score (nSPS) is 13.7. The molecule has 0 N–H and O–H groups in total. The van der Waals surface area contributed by atoms with E-state index in [9.17, 15) is 0 Å². The minimum Gasteiger partial charge on any atom is -0.148 e. The third-order valence-corrected chi connectivity index (χ3v) is 4.78. The van der Waals surface area contributed by atoms with Gasteiger partial charge in [0, 0.05) is 4.88 Å². The summed E-state index contributed by atoms with van der Waals surface area (Å²) in [5.74, 6) is 0.781. The van der Waals surface area contributed by atoms with Crippen LogP contribution in [0.4, 0.5) is 0 Å². The van der Waals surface area contributed by atoms with Crippen LogP contribution in [0.15, 0.2) is 17.5 Å². The van der Waals surface area contributed by atoms with Crippen molar-refractivity contribution in [2.45, 2.75) is 31.5 Å². The van der Waals surface area contributed by atoms with Crippen LogP contribution >= 0.6 is 27.3 Å². The summed E-state index contributed by atoms with van der Waals surface area (Å²) in [5.41, 5.74) is 0. The third-order valence-electron chi connectivity index (χ3n) is 2.28. The summed E-state index contributed by atoms with van der Waals surface area (Å²) < 4.78 is 0. The van der Waals surface area contributed by atoms with Crippen molar-refractivity contribution in [3.8, 4) is 0 Å². The molecule has 0 aromatic carbocycles. The highest BCUT2D eigenvalue weighted by Gasteiger charge is 2.17. The van der Waals surface area contributed by atoms with E-state index in [0.717, 1.165) is 5.92 Å². The van der Waals surface area contributed by atoms with Crippen molar-refractivity contribution < 1.29 is 0 Å². The molecule has 1 atom stereocenters. The summed E-state index contributed by atoms with van der Waals surface area (Å²) in [6, 6.07) is 4.33. The van der Waals surface area contributed by atoms with Gasteiger partial charge in [-0.25, -0.2) is 0 Å². The highest BCUT2D eigenvalue weighted by atomic mass is 79.9. The molecule has 0 saturated heterocycles. The Balaban J connectivity index is 2.63. The second kappa shape index (κ2) is 5.03. The molecule has 1 heterocycles. The molecule has 1 aromatic rings. The molecule has 0 aliphatic rings. The van der Waals surface area contributed by atoms with Crippen LogP contribution in [-0.2, 0) is 0 Å². The van der Waals surface area contributed by atoms with E-state index in [2.05, 4.69) is 47.3 Å². The Bertz CT molecular complexity index is 202. The molecule has 1 rings (SSSR count). The van der Waals surface area contributed by atoms with Crippen LogP contribution in [0.25, 0.3) is 0 Å². The van der Waals surface area contributed by atoms with Crippen LogP contribution in [0, 0.1) is 5.92 Å². The highest BCUT2D eigenvalue weighted by molar-refractivity contribution is 9.09. The third kappa shape index (κ3) is 2.33. The number of thiophene rings is 1. The van der Waals surface area contributed by atoms with Crippen LogP contribution in [0.2, 0.25) is 0 Å². The van der Waals surface area contributed by atoms with Gasteiger partial charge in [0.05, 0.1) is 4.83 Å². The lowest BCUT2D eigenvalue weighted by Crippen LogP contribution is -2.03. The first-order chi connectivity index (χ1) is 5.79. The van der Waals surface area contributed by atoms with Gasteiger partial charge in [0.25, 0.3) is 0 Å². The zero-order valence-electron chi connectivity index (χ0n) is 7.59. The molecule has 1 unspecified atom stereocenters. The summed E-state index contributed by atoms with van der Waals surface area (Å²) in [4.78, 5) is 2.02. The number of halogens is 1. The Morgan fingerprint density at radius 2 is 2.08 bits per heavy atom. The lowest BCUT2D eigenvalue weighted by Gasteiger charge is -2.17. The monoisotopic (exact) mass is 246 g/mol. The predicted molar refractivity (Wildman–Crippen MR) is 60.1 cm³/mol. The molecular formula is C10H15BrS. The van der Waals surface area contributed by atoms with E-state index in [-0.39, 0.29) is 0 Å². The van der Waals surface area contributed by atoms with E-state index in [1.54, 1.807) is 0 Å². The summed E-state index contributed by atoms with van der Waals surface area (Å²) >= 11 is 5.61. The first-order valence-corrected chi connectivity index (χ1v) is 6.26. The fourth-order valence-corrected chi connectivity index (χ4v) is 3.40. The first-order valence-electron chi connectivity index (χ1n) is 4.47.